The molecule has 0 saturated heterocycles. The average molecular weight is 264 g/mol. The predicted octanol–water partition coefficient (Wildman–Crippen LogP) is 4.62. The van der Waals surface area contributed by atoms with Gasteiger partial charge in [0.2, 0.25) is 0 Å². The van der Waals surface area contributed by atoms with Gasteiger partial charge in [0, 0.05) is 6.42 Å². The molecule has 0 N–H and O–H groups in total. The summed E-state index contributed by atoms with van der Waals surface area (Å²) < 4.78 is 6.51. The first-order valence-electron chi connectivity index (χ1n) is 6.83. The van der Waals surface area contributed by atoms with E-state index in [1.807, 2.05) is 6.08 Å². The summed E-state index contributed by atoms with van der Waals surface area (Å²) in [4.78, 5) is 0. The Hall–Kier alpha value is -0.603. The second-order valence-corrected chi connectivity index (χ2v) is 8.95. The predicted molar refractivity (Wildman–Crippen MR) is 83.4 cm³/mol. The van der Waals surface area contributed by atoms with Gasteiger partial charge in [-0.1, -0.05) is 33.4 Å². The van der Waals surface area contributed by atoms with Gasteiger partial charge in [-0.25, -0.2) is 0 Å². The lowest BCUT2D eigenvalue weighted by Gasteiger charge is -2.45. The van der Waals surface area contributed by atoms with E-state index in [2.05, 4.69) is 53.9 Å². The van der Waals surface area contributed by atoms with E-state index < -0.39 is 9.04 Å². The molecule has 1 atom stereocenters. The molecule has 0 radical (unpaired) electrons. The maximum atomic E-state index is 6.51. The summed E-state index contributed by atoms with van der Waals surface area (Å²) in [5.41, 5.74) is 3.91. The molecule has 1 rings (SSSR count). The Morgan fingerprint density at radius 1 is 1.39 bits per heavy atom. The normalized spacial score (nSPS) is 25.2. The average Bonchev–Trinajstić information content (AvgIpc) is 2.42. The summed E-state index contributed by atoms with van der Waals surface area (Å²) >= 11 is 0. The van der Waals surface area contributed by atoms with Crippen molar-refractivity contribution in [2.45, 2.75) is 59.2 Å². The molecule has 0 aromatic heterocycles. The molecule has 0 amide bonds. The molecule has 1 nitrogen and oxygen atoms in total. The van der Waals surface area contributed by atoms with Crippen LogP contribution in [0.25, 0.3) is 0 Å². The minimum Gasteiger partial charge on any atom is -0.411 e. The van der Waals surface area contributed by atoms with Gasteiger partial charge in [0.15, 0.2) is 9.04 Å². The summed E-state index contributed by atoms with van der Waals surface area (Å²) in [6.07, 6.45) is 3.82. The van der Waals surface area contributed by atoms with E-state index in [4.69, 9.17) is 4.43 Å². The third-order valence-electron chi connectivity index (χ3n) is 3.94. The van der Waals surface area contributed by atoms with Gasteiger partial charge in [0.05, 0.1) is 5.60 Å². The van der Waals surface area contributed by atoms with Gasteiger partial charge >= 0.3 is 0 Å². The van der Waals surface area contributed by atoms with Gasteiger partial charge in [0.25, 0.3) is 0 Å². The van der Waals surface area contributed by atoms with Gasteiger partial charge in [0.1, 0.15) is 0 Å². The van der Waals surface area contributed by atoms with Crippen molar-refractivity contribution in [2.75, 3.05) is 0 Å². The second kappa shape index (κ2) is 5.18. The molecule has 1 aliphatic carbocycles. The Bertz CT molecular complexity index is 384. The molecule has 1 aliphatic rings. The molecule has 2 heteroatoms. The zero-order valence-electron chi connectivity index (χ0n) is 12.9. The number of hydrogen-bond acceptors (Lipinski definition) is 1. The second-order valence-electron chi connectivity index (χ2n) is 6.62. The Labute approximate surface area is 114 Å². The molecule has 0 saturated carbocycles. The van der Waals surface area contributed by atoms with Crippen molar-refractivity contribution in [3.63, 3.8) is 0 Å². The van der Waals surface area contributed by atoms with Gasteiger partial charge < -0.3 is 4.43 Å². The van der Waals surface area contributed by atoms with Crippen LogP contribution in [0.2, 0.25) is 13.1 Å². The quantitative estimate of drug-likeness (QED) is 0.531. The fraction of sp³-hybridized carbons (Fsp3) is 0.625. The van der Waals surface area contributed by atoms with Crippen LogP contribution in [0.15, 0.2) is 36.0 Å². The van der Waals surface area contributed by atoms with Gasteiger partial charge in [-0.05, 0) is 48.6 Å². The van der Waals surface area contributed by atoms with E-state index in [1.54, 1.807) is 0 Å². The topological polar surface area (TPSA) is 9.23 Å². The highest BCUT2D eigenvalue weighted by atomic mass is 28.3. The highest BCUT2D eigenvalue weighted by Crippen LogP contribution is 2.52. The minimum absolute atomic E-state index is 0.0974. The van der Waals surface area contributed by atoms with Crippen molar-refractivity contribution in [1.82, 2.24) is 0 Å². The van der Waals surface area contributed by atoms with E-state index in [0.29, 0.717) is 0 Å². The first-order chi connectivity index (χ1) is 8.15. The molecule has 0 fully saturated rings. The fourth-order valence-corrected chi connectivity index (χ4v) is 4.45. The molecule has 0 bridgehead atoms. The number of rotatable bonds is 4. The van der Waals surface area contributed by atoms with Crippen LogP contribution in [0.3, 0.4) is 0 Å². The minimum atomic E-state index is -1.10. The van der Waals surface area contributed by atoms with E-state index in [0.717, 1.165) is 12.8 Å². The van der Waals surface area contributed by atoms with Crippen LogP contribution < -0.4 is 0 Å². The molecule has 0 heterocycles. The number of allylic oxidation sites excluding steroid dienone is 2. The molecule has 0 aromatic carbocycles. The summed E-state index contributed by atoms with van der Waals surface area (Å²) in [6.45, 7) is 21.6. The first kappa shape index (κ1) is 15.5. The molecule has 18 heavy (non-hydrogen) atoms. The lowest BCUT2D eigenvalue weighted by molar-refractivity contribution is 0.00494. The van der Waals surface area contributed by atoms with Crippen LogP contribution in [0, 0.1) is 5.41 Å². The van der Waals surface area contributed by atoms with Crippen LogP contribution in [0.5, 0.6) is 0 Å². The molecular weight excluding hydrogens is 236 g/mol. The maximum Gasteiger partial charge on any atom is 0.172 e. The summed E-state index contributed by atoms with van der Waals surface area (Å²) in [5.74, 6) is 0. The highest BCUT2D eigenvalue weighted by Gasteiger charge is 2.49. The SMILES string of the molecule is C=CCC1=C(C)C(O[SiH](C)C)(C(C)(C)C)CC1=C. The smallest absolute Gasteiger partial charge is 0.172 e. The summed E-state index contributed by atoms with van der Waals surface area (Å²) in [6, 6.07) is 0. The first-order valence-corrected chi connectivity index (χ1v) is 9.61. The zero-order chi connectivity index (χ0) is 14.1. The molecular formula is C16H28OSi. The maximum absolute atomic E-state index is 6.51. The molecule has 102 valence electrons. The van der Waals surface area contributed by atoms with E-state index in [-0.39, 0.29) is 11.0 Å². The van der Waals surface area contributed by atoms with Crippen LogP contribution >= 0.6 is 0 Å². The van der Waals surface area contributed by atoms with E-state index >= 15 is 0 Å². The highest BCUT2D eigenvalue weighted by molar-refractivity contribution is 6.48. The van der Waals surface area contributed by atoms with Crippen LogP contribution in [-0.2, 0) is 4.43 Å². The van der Waals surface area contributed by atoms with Crippen LogP contribution in [0.1, 0.15) is 40.5 Å². The lowest BCUT2D eigenvalue weighted by Crippen LogP contribution is -2.47. The van der Waals surface area contributed by atoms with Crippen LogP contribution in [0.4, 0.5) is 0 Å². The summed E-state index contributed by atoms with van der Waals surface area (Å²) in [7, 11) is -1.10. The summed E-state index contributed by atoms with van der Waals surface area (Å²) in [5, 5.41) is 0. The molecule has 0 aliphatic heterocycles. The third-order valence-corrected chi connectivity index (χ3v) is 4.82. The van der Waals surface area contributed by atoms with Crippen LogP contribution in [-0.4, -0.2) is 14.6 Å². The van der Waals surface area contributed by atoms with Crippen molar-refractivity contribution in [1.29, 1.82) is 0 Å². The van der Waals surface area contributed by atoms with Crippen molar-refractivity contribution < 1.29 is 4.43 Å². The van der Waals surface area contributed by atoms with Gasteiger partial charge in [-0.2, -0.15) is 0 Å². The third kappa shape index (κ3) is 2.55. The van der Waals surface area contributed by atoms with E-state index in [1.165, 1.54) is 16.7 Å². The van der Waals surface area contributed by atoms with Gasteiger partial charge in [-0.15, -0.1) is 6.58 Å². The Balaban J connectivity index is 3.30. The Morgan fingerprint density at radius 2 is 1.94 bits per heavy atom. The monoisotopic (exact) mass is 264 g/mol. The lowest BCUT2D eigenvalue weighted by atomic mass is 9.72. The zero-order valence-corrected chi connectivity index (χ0v) is 14.0. The van der Waals surface area contributed by atoms with Gasteiger partial charge in [-0.3, -0.25) is 0 Å². The van der Waals surface area contributed by atoms with Crippen molar-refractivity contribution in [2.24, 2.45) is 5.41 Å². The fourth-order valence-electron chi connectivity index (χ4n) is 3.03. The number of hydrogen-bond donors (Lipinski definition) is 0. The largest absolute Gasteiger partial charge is 0.411 e. The van der Waals surface area contributed by atoms with Crippen molar-refractivity contribution >= 4 is 9.04 Å². The van der Waals surface area contributed by atoms with Crippen molar-refractivity contribution in [3.8, 4) is 0 Å². The molecule has 1 unspecified atom stereocenters. The molecule has 0 aromatic rings. The molecule has 0 spiro atoms. The Kier molecular flexibility index (Phi) is 4.45. The standard InChI is InChI=1S/C16H28OSi/c1-9-10-14-12(2)11-16(13(14)3,15(4,5)6)17-18(7)8/h9,18H,1-2,10-11H2,3-8H3. The Morgan fingerprint density at radius 3 is 2.33 bits per heavy atom. The van der Waals surface area contributed by atoms with Crippen molar-refractivity contribution in [3.05, 3.63) is 36.0 Å². The van der Waals surface area contributed by atoms with E-state index in [9.17, 15) is 0 Å².